The Balaban J connectivity index is 1.61. The largest absolute Gasteiger partial charge is 0.390 e. The third-order valence-electron chi connectivity index (χ3n) is 9.81. The van der Waals surface area contributed by atoms with Crippen molar-refractivity contribution in [3.05, 3.63) is 0 Å². The minimum absolute atomic E-state index is 0.0149. The van der Waals surface area contributed by atoms with Crippen molar-refractivity contribution in [3.8, 4) is 0 Å². The highest BCUT2D eigenvalue weighted by atomic mass is 19.1. The molecule has 8 heteroatoms. The number of ether oxygens (including phenoxy) is 1. The first-order chi connectivity index (χ1) is 13.4. The van der Waals surface area contributed by atoms with Gasteiger partial charge in [0.2, 0.25) is 0 Å². The summed E-state index contributed by atoms with van der Waals surface area (Å²) in [6.45, 7) is 2.43. The molecule has 1 spiro atoms. The molecule has 162 valence electrons. The molecule has 29 heavy (non-hydrogen) atoms. The Morgan fingerprint density at radius 2 is 1.90 bits per heavy atom. The zero-order valence-electron chi connectivity index (χ0n) is 16.7. The lowest BCUT2D eigenvalue weighted by molar-refractivity contribution is -0.256. The Morgan fingerprint density at radius 3 is 2.55 bits per heavy atom. The number of epoxide rings is 1. The van der Waals surface area contributed by atoms with E-state index in [-0.39, 0.29) is 31.5 Å². The zero-order chi connectivity index (χ0) is 21.2. The van der Waals surface area contributed by atoms with E-state index in [9.17, 15) is 30.0 Å². The van der Waals surface area contributed by atoms with Gasteiger partial charge in [-0.2, -0.15) is 0 Å². The molecule has 2 unspecified atom stereocenters. The summed E-state index contributed by atoms with van der Waals surface area (Å²) in [5.74, 6) is -2.16. The molecule has 4 N–H and O–H groups in total. The average Bonchev–Trinajstić information content (AvgIpc) is 3.39. The second kappa shape index (κ2) is 5.46. The predicted octanol–water partition coefficient (Wildman–Crippen LogP) is 0.0557. The zero-order valence-corrected chi connectivity index (χ0v) is 16.7. The number of alkyl halides is 1. The monoisotopic (exact) mass is 412 g/mol. The number of ketones is 2. The van der Waals surface area contributed by atoms with E-state index in [1.807, 2.05) is 0 Å². The number of rotatable bonds is 2. The predicted molar refractivity (Wildman–Crippen MR) is 96.4 cm³/mol. The van der Waals surface area contributed by atoms with E-state index in [0.29, 0.717) is 12.8 Å². The van der Waals surface area contributed by atoms with Gasteiger partial charge < -0.3 is 25.2 Å². The van der Waals surface area contributed by atoms with Gasteiger partial charge in [-0.15, -0.1) is 0 Å². The molecule has 10 atom stereocenters. The quantitative estimate of drug-likeness (QED) is 0.472. The van der Waals surface area contributed by atoms with Crippen molar-refractivity contribution in [2.75, 3.05) is 6.61 Å². The number of aliphatic hydroxyl groups excluding tert-OH is 3. The van der Waals surface area contributed by atoms with Crippen LogP contribution in [0.15, 0.2) is 0 Å². The molecule has 5 fully saturated rings. The molecule has 1 aliphatic heterocycles. The Hall–Kier alpha value is -0.930. The first-order valence-corrected chi connectivity index (χ1v) is 10.6. The molecule has 1 saturated heterocycles. The SMILES string of the molecule is C[C@]12C[C@H](O)C3(F)[C@@H](CC[C@]45OC4C(=O)CC[C@]35C)[C@@H]1C[C@@H](O)[C@]2(O)C(=O)CO. The lowest BCUT2D eigenvalue weighted by Crippen LogP contribution is -2.73. The third-order valence-corrected chi connectivity index (χ3v) is 9.81. The van der Waals surface area contributed by atoms with Crippen molar-refractivity contribution in [1.29, 1.82) is 0 Å². The first-order valence-electron chi connectivity index (χ1n) is 10.6. The van der Waals surface area contributed by atoms with Gasteiger partial charge in [-0.1, -0.05) is 13.8 Å². The van der Waals surface area contributed by atoms with Gasteiger partial charge in [-0.25, -0.2) is 4.39 Å². The topological polar surface area (TPSA) is 128 Å². The third kappa shape index (κ3) is 1.84. The maximum absolute atomic E-state index is 17.1. The Bertz CT molecular complexity index is 804. The highest BCUT2D eigenvalue weighted by Gasteiger charge is 2.85. The van der Waals surface area contributed by atoms with Gasteiger partial charge in [-0.3, -0.25) is 9.59 Å². The van der Waals surface area contributed by atoms with Crippen molar-refractivity contribution in [3.63, 3.8) is 0 Å². The van der Waals surface area contributed by atoms with E-state index in [4.69, 9.17) is 4.74 Å². The number of carbonyl (C=O) groups is 2. The molecule has 0 aromatic heterocycles. The first kappa shape index (κ1) is 20.0. The molecule has 0 radical (unpaired) electrons. The summed E-state index contributed by atoms with van der Waals surface area (Å²) in [5, 5.41) is 42.4. The molecule has 0 aromatic rings. The number of Topliss-reactive ketones (excluding diaryl/α,β-unsaturated/α-hetero) is 2. The van der Waals surface area contributed by atoms with Crippen LogP contribution in [0.4, 0.5) is 4.39 Å². The van der Waals surface area contributed by atoms with E-state index in [1.54, 1.807) is 13.8 Å². The van der Waals surface area contributed by atoms with Crippen LogP contribution >= 0.6 is 0 Å². The molecule has 7 nitrogen and oxygen atoms in total. The van der Waals surface area contributed by atoms with Crippen molar-refractivity contribution >= 4 is 11.6 Å². The fraction of sp³-hybridized carbons (Fsp3) is 0.905. The molecule has 0 aromatic carbocycles. The standard InChI is InChI=1S/C21H29FO7/c1-17-8-14(26)20(22)10(11(17)7-13(25)21(17,28)15(27)9-23)3-6-19-16(29-19)12(24)4-5-18(19,20)2/h10-11,13-14,16,23,25-26,28H,3-9H2,1-2H3/t10-,11-,13+,14-,16?,17-,18-,19-,20?,21-/m0/s1. The summed E-state index contributed by atoms with van der Waals surface area (Å²) in [5.41, 5.74) is -7.50. The summed E-state index contributed by atoms with van der Waals surface area (Å²) < 4.78 is 22.9. The highest BCUT2D eigenvalue weighted by molar-refractivity contribution is 5.90. The summed E-state index contributed by atoms with van der Waals surface area (Å²) in [6, 6.07) is 0. The number of hydrogen-bond donors (Lipinski definition) is 4. The molecule has 4 saturated carbocycles. The second-order valence-electron chi connectivity index (χ2n) is 10.4. The van der Waals surface area contributed by atoms with E-state index in [2.05, 4.69) is 0 Å². The van der Waals surface area contributed by atoms with Crippen molar-refractivity contribution in [2.24, 2.45) is 22.7 Å². The molecule has 0 bridgehead atoms. The van der Waals surface area contributed by atoms with Crippen LogP contribution in [0.2, 0.25) is 0 Å². The number of carbonyl (C=O) groups excluding carboxylic acids is 2. The number of halogens is 1. The molecule has 5 aliphatic rings. The van der Waals surface area contributed by atoms with Gasteiger partial charge in [0.05, 0.1) is 12.2 Å². The van der Waals surface area contributed by atoms with Gasteiger partial charge in [0, 0.05) is 17.3 Å². The maximum Gasteiger partial charge on any atom is 0.192 e. The molecule has 1 heterocycles. The van der Waals surface area contributed by atoms with Crippen molar-refractivity contribution in [1.82, 2.24) is 0 Å². The maximum atomic E-state index is 17.1. The Kier molecular flexibility index (Phi) is 3.76. The number of aliphatic hydroxyl groups is 4. The van der Waals surface area contributed by atoms with Crippen LogP contribution in [-0.4, -0.2) is 73.8 Å². The van der Waals surface area contributed by atoms with Gasteiger partial charge >= 0.3 is 0 Å². The summed E-state index contributed by atoms with van der Waals surface area (Å²) in [7, 11) is 0. The van der Waals surface area contributed by atoms with Crippen molar-refractivity contribution in [2.45, 2.75) is 87.6 Å². The minimum Gasteiger partial charge on any atom is -0.390 e. The normalized spacial score (nSPS) is 60.7. The highest BCUT2D eigenvalue weighted by Crippen LogP contribution is 2.75. The molecular formula is C21H29FO7. The van der Waals surface area contributed by atoms with Crippen LogP contribution in [0.3, 0.4) is 0 Å². The fourth-order valence-electron chi connectivity index (χ4n) is 8.14. The fourth-order valence-corrected chi connectivity index (χ4v) is 8.14. The molecular weight excluding hydrogens is 383 g/mol. The Labute approximate surface area is 168 Å². The summed E-state index contributed by atoms with van der Waals surface area (Å²) >= 11 is 0. The van der Waals surface area contributed by atoms with E-state index in [1.165, 1.54) is 0 Å². The van der Waals surface area contributed by atoms with Crippen LogP contribution in [0.25, 0.3) is 0 Å². The number of hydrogen-bond acceptors (Lipinski definition) is 7. The molecule has 5 rings (SSSR count). The van der Waals surface area contributed by atoms with E-state index >= 15 is 4.39 Å². The lowest BCUT2D eigenvalue weighted by atomic mass is 9.41. The summed E-state index contributed by atoms with van der Waals surface area (Å²) in [4.78, 5) is 24.7. The molecule has 4 aliphatic carbocycles. The van der Waals surface area contributed by atoms with Crippen molar-refractivity contribution < 1.29 is 39.1 Å². The smallest absolute Gasteiger partial charge is 0.192 e. The molecule has 0 amide bonds. The van der Waals surface area contributed by atoms with E-state index < -0.39 is 70.2 Å². The summed E-state index contributed by atoms with van der Waals surface area (Å²) in [6.07, 6.45) is -2.45. The second-order valence-corrected chi connectivity index (χ2v) is 10.4. The van der Waals surface area contributed by atoms with Crippen LogP contribution in [0.5, 0.6) is 0 Å². The van der Waals surface area contributed by atoms with Crippen LogP contribution in [0.1, 0.15) is 52.4 Å². The lowest BCUT2D eigenvalue weighted by Gasteiger charge is -2.64. The van der Waals surface area contributed by atoms with E-state index in [0.717, 1.165) is 0 Å². The van der Waals surface area contributed by atoms with Crippen LogP contribution in [0, 0.1) is 22.7 Å². The Morgan fingerprint density at radius 1 is 1.21 bits per heavy atom. The van der Waals surface area contributed by atoms with Gasteiger partial charge in [0.15, 0.2) is 17.2 Å². The average molecular weight is 412 g/mol. The minimum atomic E-state index is -2.23. The van der Waals surface area contributed by atoms with Crippen LogP contribution in [-0.2, 0) is 14.3 Å². The number of fused-ring (bicyclic) bond motifs is 4. The van der Waals surface area contributed by atoms with Crippen LogP contribution < -0.4 is 0 Å². The van der Waals surface area contributed by atoms with Gasteiger partial charge in [-0.05, 0) is 43.9 Å². The van der Waals surface area contributed by atoms with Gasteiger partial charge in [0.1, 0.15) is 24.0 Å². The van der Waals surface area contributed by atoms with Gasteiger partial charge in [0.25, 0.3) is 0 Å².